The van der Waals surface area contributed by atoms with Crippen LogP contribution in [0.2, 0.25) is 0 Å². The SMILES string of the molecule is C=C(C)C(=O)OCC(=O)OCCOc1c(F)c(F)c(F)c(F)c1F.C=C(C)C(=O)OCC(=O)OCc1c(F)c(F)c(F)c(F)c1F.C=C(C)C(=O)OCC(=O)OCc1ccc(C(C)(C)C)cc1.C=C(C)C(=O)OCC(=O)Oc1c(C)cc([N+](=O)[O-])cc1C.C=C(C)C(=O)OCC(=O)Oc1cc(C(F)(F)F)cc(C(F)(F)F)c1.C=C(C)C(=O)OCC(=O)Oc1cc(F)c(F)c(F)c1.C=C(C)C(=O)OCC(=O)Oc1ccccc1. The third-order valence-corrected chi connectivity index (χ3v) is 16.2. The quantitative estimate of drug-likeness (QED) is 0.00345. The van der Waals surface area contributed by atoms with E-state index in [0.717, 1.165) is 5.56 Å². The van der Waals surface area contributed by atoms with Crippen LogP contribution in [0.15, 0.2) is 182 Å². The molecule has 0 spiro atoms. The second-order valence-corrected chi connectivity index (χ2v) is 30.1. The first-order valence-electron chi connectivity index (χ1n) is 40.5. The fourth-order valence-corrected chi connectivity index (χ4v) is 8.95. The zero-order chi connectivity index (χ0) is 113. The van der Waals surface area contributed by atoms with Crippen LogP contribution in [0.4, 0.5) is 89.1 Å². The molecular formula is C96H88F19NO31. The van der Waals surface area contributed by atoms with Crippen molar-refractivity contribution in [1.29, 1.82) is 0 Å². The van der Waals surface area contributed by atoms with E-state index in [1.807, 2.05) is 24.3 Å². The van der Waals surface area contributed by atoms with Gasteiger partial charge in [0.2, 0.25) is 34.9 Å². The number of ether oxygens (including phenoxy) is 15. The summed E-state index contributed by atoms with van der Waals surface area (Å²) in [6.07, 6.45) is -10.1. The summed E-state index contributed by atoms with van der Waals surface area (Å²) < 4.78 is 313. The van der Waals surface area contributed by atoms with Crippen molar-refractivity contribution < 1.29 is 227 Å². The number of halogens is 19. The average Bonchev–Trinajstić information content (AvgIpc) is 0.804. The molecule has 7 rings (SSSR count). The molecule has 0 bridgehead atoms. The molecule has 7 aromatic carbocycles. The number of para-hydroxylation sites is 1. The van der Waals surface area contributed by atoms with Crippen LogP contribution in [0.5, 0.6) is 28.7 Å². The fourth-order valence-electron chi connectivity index (χ4n) is 8.95. The first-order chi connectivity index (χ1) is 67.9. The van der Waals surface area contributed by atoms with Crippen LogP contribution in [-0.4, -0.2) is 148 Å². The van der Waals surface area contributed by atoms with Gasteiger partial charge in [-0.15, -0.1) is 0 Å². The van der Waals surface area contributed by atoms with E-state index in [2.05, 4.69) is 119 Å². The number of hydrogen-bond donors (Lipinski definition) is 0. The monoisotopic (exact) mass is 2110 g/mol. The highest BCUT2D eigenvalue weighted by Crippen LogP contribution is 2.39. The Morgan fingerprint density at radius 2 is 0.592 bits per heavy atom. The summed E-state index contributed by atoms with van der Waals surface area (Å²) in [6.45, 7) is 35.5. The first kappa shape index (κ1) is 128. The molecule has 0 saturated heterocycles. The van der Waals surface area contributed by atoms with Gasteiger partial charge in [-0.1, -0.05) is 109 Å². The lowest BCUT2D eigenvalue weighted by Crippen LogP contribution is -2.20. The van der Waals surface area contributed by atoms with Crippen molar-refractivity contribution in [3.63, 3.8) is 0 Å². The summed E-state index contributed by atoms with van der Waals surface area (Å²) in [5.41, 5.74) is -0.853. The molecule has 147 heavy (non-hydrogen) atoms. The molecule has 7 aromatic rings. The number of nitrogens with zero attached hydrogens (tertiary/aromatic N) is 1. The maximum absolute atomic E-state index is 13.3. The molecule has 51 heteroatoms. The van der Waals surface area contributed by atoms with Gasteiger partial charge in [0, 0.05) is 63.3 Å². The highest BCUT2D eigenvalue weighted by atomic mass is 19.4. The Bertz CT molecular complexity index is 5970. The van der Waals surface area contributed by atoms with E-state index in [1.165, 1.54) is 66.2 Å². The third kappa shape index (κ3) is 46.8. The Morgan fingerprint density at radius 3 is 0.905 bits per heavy atom. The smallest absolute Gasteiger partial charge is 0.416 e. The van der Waals surface area contributed by atoms with E-state index in [0.29, 0.717) is 29.0 Å². The number of nitro benzene ring substituents is 1. The number of carbonyl (C=O) groups excluding carboxylic acids is 14. The Morgan fingerprint density at radius 1 is 0.306 bits per heavy atom. The minimum atomic E-state index is -5.07. The van der Waals surface area contributed by atoms with Crippen LogP contribution in [0.25, 0.3) is 0 Å². The van der Waals surface area contributed by atoms with Gasteiger partial charge in [-0.2, -0.15) is 35.1 Å². The van der Waals surface area contributed by atoms with E-state index in [9.17, 15) is 161 Å². The summed E-state index contributed by atoms with van der Waals surface area (Å²) >= 11 is 0. The number of non-ortho nitro benzene ring substituents is 1. The molecule has 0 radical (unpaired) electrons. The molecule has 0 saturated carbocycles. The Kier molecular flexibility index (Phi) is 52.8. The second-order valence-electron chi connectivity index (χ2n) is 30.1. The summed E-state index contributed by atoms with van der Waals surface area (Å²) in [5, 5.41) is 10.7. The largest absolute Gasteiger partial charge is 0.484 e. The topological polar surface area (TPSA) is 421 Å². The molecule has 0 aliphatic carbocycles. The lowest BCUT2D eigenvalue weighted by Gasteiger charge is -2.19. The molecule has 0 unspecified atom stereocenters. The van der Waals surface area contributed by atoms with Gasteiger partial charge in [-0.25, -0.2) is 115 Å². The summed E-state index contributed by atoms with van der Waals surface area (Å²) in [7, 11) is 0. The van der Waals surface area contributed by atoms with Crippen molar-refractivity contribution in [1.82, 2.24) is 0 Å². The molecule has 0 amide bonds. The van der Waals surface area contributed by atoms with Crippen molar-refractivity contribution >= 4 is 89.3 Å². The maximum Gasteiger partial charge on any atom is 0.416 e. The van der Waals surface area contributed by atoms with Crippen molar-refractivity contribution in [3.05, 3.63) is 307 Å². The minimum absolute atomic E-state index is 0.00688. The highest BCUT2D eigenvalue weighted by Gasteiger charge is 2.38. The zero-order valence-electron chi connectivity index (χ0n) is 79.2. The van der Waals surface area contributed by atoms with Crippen LogP contribution in [0, 0.1) is 99.6 Å². The molecular weight excluding hydrogens is 2020 g/mol. The van der Waals surface area contributed by atoms with Crippen molar-refractivity contribution in [2.75, 3.05) is 59.5 Å². The van der Waals surface area contributed by atoms with Crippen molar-refractivity contribution in [2.45, 2.75) is 114 Å². The van der Waals surface area contributed by atoms with Gasteiger partial charge in [-0.3, -0.25) is 10.1 Å². The number of rotatable bonds is 34. The van der Waals surface area contributed by atoms with Crippen LogP contribution in [0.3, 0.4) is 0 Å². The number of nitro groups is 1. The predicted molar refractivity (Wildman–Crippen MR) is 468 cm³/mol. The molecule has 0 aromatic heterocycles. The molecule has 0 aliphatic heterocycles. The lowest BCUT2D eigenvalue weighted by atomic mass is 9.87. The number of carbonyl (C=O) groups is 14. The van der Waals surface area contributed by atoms with Crippen LogP contribution >= 0.6 is 0 Å². The zero-order valence-corrected chi connectivity index (χ0v) is 79.2. The number of esters is 14. The number of hydrogen-bond acceptors (Lipinski definition) is 31. The Balaban J connectivity index is 0.000000860. The molecule has 0 heterocycles. The van der Waals surface area contributed by atoms with Crippen LogP contribution in [-0.2, 0) is 145 Å². The van der Waals surface area contributed by atoms with Gasteiger partial charge in [0.05, 0.1) is 21.6 Å². The third-order valence-electron chi connectivity index (χ3n) is 16.2. The van der Waals surface area contributed by atoms with Crippen LogP contribution < -0.4 is 23.7 Å². The van der Waals surface area contributed by atoms with Gasteiger partial charge in [-0.05, 0) is 120 Å². The van der Waals surface area contributed by atoms with Gasteiger partial charge in [0.1, 0.15) is 49.4 Å². The van der Waals surface area contributed by atoms with Gasteiger partial charge in [0.25, 0.3) is 5.69 Å². The molecule has 32 nitrogen and oxygen atoms in total. The summed E-state index contributed by atoms with van der Waals surface area (Å²) in [4.78, 5) is 167. The number of benzene rings is 7. The predicted octanol–water partition coefficient (Wildman–Crippen LogP) is 17.9. The molecule has 0 N–H and O–H groups in total. The maximum atomic E-state index is 13.3. The first-order valence-corrected chi connectivity index (χ1v) is 40.5. The Hall–Kier alpha value is -16.8. The van der Waals surface area contributed by atoms with Crippen LogP contribution in [0.1, 0.15) is 108 Å². The second kappa shape index (κ2) is 60.6. The number of aryl methyl sites for hydroxylation is 2. The van der Waals surface area contributed by atoms with Crippen molar-refractivity contribution in [2.24, 2.45) is 0 Å². The fraction of sp³-hybridized carbons (Fsp3) is 0.271. The molecule has 796 valence electrons. The van der Waals surface area contributed by atoms with E-state index < -0.39 is 276 Å². The minimum Gasteiger partial charge on any atom is -0.484 e. The van der Waals surface area contributed by atoms with E-state index >= 15 is 0 Å². The highest BCUT2D eigenvalue weighted by molar-refractivity contribution is 5.92. The summed E-state index contributed by atoms with van der Waals surface area (Å²) in [5.74, 6) is -40.9. The Labute approximate surface area is 821 Å². The van der Waals surface area contributed by atoms with Gasteiger partial charge in [0.15, 0.2) is 92.7 Å². The van der Waals surface area contributed by atoms with E-state index in [4.69, 9.17) is 18.9 Å². The number of alkyl halides is 6. The summed E-state index contributed by atoms with van der Waals surface area (Å²) in [6, 6.07) is 20.4. The molecule has 0 aliphatic rings. The van der Waals surface area contributed by atoms with E-state index in [-0.39, 0.29) is 80.7 Å². The van der Waals surface area contributed by atoms with Crippen molar-refractivity contribution in [3.8, 4) is 28.7 Å². The average molecular weight is 2110 g/mol. The molecule has 0 fully saturated rings. The molecule has 0 atom stereocenters. The normalized spacial score (nSPS) is 10.4. The lowest BCUT2D eigenvalue weighted by molar-refractivity contribution is -0.385. The van der Waals surface area contributed by atoms with Gasteiger partial charge >= 0.3 is 95.9 Å². The van der Waals surface area contributed by atoms with E-state index in [1.54, 1.807) is 44.2 Å². The van der Waals surface area contributed by atoms with Gasteiger partial charge < -0.3 is 71.1 Å². The standard InChI is InChI=1S/C17H22O4.C14H10F6O4.C14H11F5O5.C14H15NO6.C13H9F5O4.C12H9F3O4.C12H12O4/c1-12(2)16(19)21-11-15(18)20-10-13-6-8-14(9-7-13)17(3,4)5;1-7(2)12(22)23-6-11(21)24-10-4-8(13(15,16)17)3-9(5-10)14(18,19)20;1-6(2)14(21)24-5-7(20)22-3-4-23-13-11(18)9(16)8(15)10(17)12(13)19;1-8(2)14(17)20-7-12(16)21-13-9(3)5-11(15(18)19)6-10(13)4;1-5(2)13(20)22-4-7(19)21-3-6-8(14)10(16)12(18)11(17)9(6)15;1-6(2)12(17)18-5-10(16)19-7-3-8(13)11(15)9(14)4-7;1-9(2)12(14)15-8-11(13)16-10-6-4-3-5-7-10/h6-9H,1,10-11H2,2-5H3;3-5H,1,6H2,2H3;1,3-5H2,2H3;5-6H,1,7H2,2-4H3;1,3-4H2,2H3;3-4H,1,5H2,2H3;3-7H,1,8H2,2H3.